The number of hydrogen-bond donors (Lipinski definition) is 1. The first-order valence-electron chi connectivity index (χ1n) is 7.95. The number of aliphatic hydroxyl groups excluding tert-OH is 1. The number of benzene rings is 1. The Balaban J connectivity index is 1.64. The second-order valence-electron chi connectivity index (χ2n) is 6.26. The number of hydrogen-bond acceptors (Lipinski definition) is 4. The molecule has 0 spiro atoms. The Kier molecular flexibility index (Phi) is 3.50. The monoisotopic (exact) mass is 308 g/mol. The van der Waals surface area contributed by atoms with Crippen molar-refractivity contribution in [2.24, 2.45) is 13.0 Å². The molecule has 1 aromatic carbocycles. The van der Waals surface area contributed by atoms with Gasteiger partial charge in [0, 0.05) is 50.2 Å². The Bertz CT molecular complexity index is 829. The fraction of sp³-hybridized carbons (Fsp3) is 0.333. The lowest BCUT2D eigenvalue weighted by molar-refractivity contribution is 0.227. The van der Waals surface area contributed by atoms with Crippen LogP contribution < -0.4 is 4.90 Å². The molecule has 0 saturated carbocycles. The van der Waals surface area contributed by atoms with Gasteiger partial charge >= 0.3 is 0 Å². The predicted molar refractivity (Wildman–Crippen MR) is 90.5 cm³/mol. The molecule has 5 nitrogen and oxygen atoms in total. The van der Waals surface area contributed by atoms with Gasteiger partial charge in [-0.3, -0.25) is 4.68 Å². The first-order valence-corrected chi connectivity index (χ1v) is 7.95. The van der Waals surface area contributed by atoms with Crippen LogP contribution in [0, 0.1) is 5.92 Å². The molecule has 1 N–H and O–H groups in total. The third-order valence-corrected chi connectivity index (χ3v) is 4.74. The standard InChI is InChI=1S/C18H20N4O/c1-21-9-14(8-19-21)16-11-22(10-15(16)12-23)18-7-6-13-4-2-3-5-17(13)20-18/h2-9,15-16,23H,10-12H2,1H3/t15-,16-/m0/s1. The van der Waals surface area contributed by atoms with E-state index in [0.29, 0.717) is 5.92 Å². The van der Waals surface area contributed by atoms with Crippen LogP contribution in [0.4, 0.5) is 5.82 Å². The van der Waals surface area contributed by atoms with Crippen molar-refractivity contribution in [2.45, 2.75) is 5.92 Å². The molecule has 0 amide bonds. The molecule has 1 aliphatic heterocycles. The highest BCUT2D eigenvalue weighted by atomic mass is 16.3. The number of anilines is 1. The lowest BCUT2D eigenvalue weighted by Crippen LogP contribution is -2.21. The minimum Gasteiger partial charge on any atom is -0.396 e. The van der Waals surface area contributed by atoms with Gasteiger partial charge in [-0.1, -0.05) is 18.2 Å². The summed E-state index contributed by atoms with van der Waals surface area (Å²) in [5.41, 5.74) is 2.20. The van der Waals surface area contributed by atoms with Gasteiger partial charge in [0.2, 0.25) is 0 Å². The highest BCUT2D eigenvalue weighted by molar-refractivity contribution is 5.80. The van der Waals surface area contributed by atoms with Gasteiger partial charge in [0.1, 0.15) is 5.82 Å². The van der Waals surface area contributed by atoms with E-state index in [1.165, 1.54) is 5.56 Å². The van der Waals surface area contributed by atoms with E-state index in [1.807, 2.05) is 42.3 Å². The molecule has 1 saturated heterocycles. The second kappa shape index (κ2) is 5.66. The third-order valence-electron chi connectivity index (χ3n) is 4.74. The average molecular weight is 308 g/mol. The minimum absolute atomic E-state index is 0.184. The van der Waals surface area contributed by atoms with Crippen LogP contribution in [0.2, 0.25) is 0 Å². The van der Waals surface area contributed by atoms with Crippen molar-refractivity contribution in [1.82, 2.24) is 14.8 Å². The van der Waals surface area contributed by atoms with Gasteiger partial charge in [0.25, 0.3) is 0 Å². The molecule has 2 aromatic heterocycles. The maximum atomic E-state index is 9.77. The van der Waals surface area contributed by atoms with Gasteiger partial charge in [0.15, 0.2) is 0 Å². The molecule has 4 rings (SSSR count). The molecule has 118 valence electrons. The van der Waals surface area contributed by atoms with Gasteiger partial charge in [-0.05, 0) is 23.8 Å². The fourth-order valence-electron chi connectivity index (χ4n) is 3.48. The number of fused-ring (bicyclic) bond motifs is 1. The van der Waals surface area contributed by atoms with Gasteiger partial charge < -0.3 is 10.0 Å². The van der Waals surface area contributed by atoms with E-state index in [2.05, 4.69) is 28.2 Å². The number of pyridine rings is 1. The Morgan fingerprint density at radius 2 is 2.04 bits per heavy atom. The Morgan fingerprint density at radius 1 is 1.17 bits per heavy atom. The molecule has 1 fully saturated rings. The normalized spacial score (nSPS) is 21.2. The average Bonchev–Trinajstić information content (AvgIpc) is 3.20. The van der Waals surface area contributed by atoms with Crippen LogP contribution in [0.25, 0.3) is 10.9 Å². The summed E-state index contributed by atoms with van der Waals surface area (Å²) in [6.45, 7) is 1.87. The zero-order valence-electron chi connectivity index (χ0n) is 13.1. The van der Waals surface area contributed by atoms with Gasteiger partial charge in [-0.15, -0.1) is 0 Å². The maximum absolute atomic E-state index is 9.77. The lowest BCUT2D eigenvalue weighted by atomic mass is 9.92. The van der Waals surface area contributed by atoms with E-state index >= 15 is 0 Å². The van der Waals surface area contributed by atoms with E-state index < -0.39 is 0 Å². The highest BCUT2D eigenvalue weighted by Crippen LogP contribution is 2.34. The summed E-state index contributed by atoms with van der Waals surface area (Å²) in [7, 11) is 1.93. The number of para-hydroxylation sites is 1. The van der Waals surface area contributed by atoms with Crippen molar-refractivity contribution in [3.63, 3.8) is 0 Å². The topological polar surface area (TPSA) is 54.2 Å². The zero-order valence-corrected chi connectivity index (χ0v) is 13.1. The van der Waals surface area contributed by atoms with Crippen LogP contribution in [-0.4, -0.2) is 39.6 Å². The molecule has 0 radical (unpaired) electrons. The highest BCUT2D eigenvalue weighted by Gasteiger charge is 2.34. The summed E-state index contributed by atoms with van der Waals surface area (Å²) in [5.74, 6) is 1.49. The fourth-order valence-corrected chi connectivity index (χ4v) is 3.48. The smallest absolute Gasteiger partial charge is 0.129 e. The van der Waals surface area contributed by atoms with Crippen molar-refractivity contribution >= 4 is 16.7 Å². The number of rotatable bonds is 3. The van der Waals surface area contributed by atoms with E-state index in [9.17, 15) is 5.11 Å². The third kappa shape index (κ3) is 2.57. The van der Waals surface area contributed by atoms with Crippen molar-refractivity contribution in [1.29, 1.82) is 0 Å². The summed E-state index contributed by atoms with van der Waals surface area (Å²) in [6, 6.07) is 12.3. The van der Waals surface area contributed by atoms with E-state index in [4.69, 9.17) is 4.98 Å². The summed E-state index contributed by atoms with van der Waals surface area (Å²) in [6.07, 6.45) is 3.95. The number of nitrogens with zero attached hydrogens (tertiary/aromatic N) is 4. The molecule has 1 aliphatic rings. The largest absolute Gasteiger partial charge is 0.396 e. The maximum Gasteiger partial charge on any atom is 0.129 e. The summed E-state index contributed by atoms with van der Waals surface area (Å²) < 4.78 is 1.82. The quantitative estimate of drug-likeness (QED) is 0.806. The summed E-state index contributed by atoms with van der Waals surface area (Å²) in [5, 5.41) is 15.2. The molecule has 2 atom stereocenters. The number of aromatic nitrogens is 3. The minimum atomic E-state index is 0.184. The molecule has 5 heteroatoms. The van der Waals surface area contributed by atoms with Gasteiger partial charge in [0.05, 0.1) is 11.7 Å². The van der Waals surface area contributed by atoms with Gasteiger partial charge in [-0.2, -0.15) is 5.10 Å². The summed E-state index contributed by atoms with van der Waals surface area (Å²) in [4.78, 5) is 7.05. The molecule has 0 aliphatic carbocycles. The Morgan fingerprint density at radius 3 is 2.83 bits per heavy atom. The Hall–Kier alpha value is -2.40. The molecule has 3 heterocycles. The van der Waals surface area contributed by atoms with Crippen LogP contribution in [0.3, 0.4) is 0 Å². The second-order valence-corrected chi connectivity index (χ2v) is 6.26. The predicted octanol–water partition coefficient (Wildman–Crippen LogP) is 2.18. The van der Waals surface area contributed by atoms with Crippen LogP contribution in [0.5, 0.6) is 0 Å². The molecular weight excluding hydrogens is 288 g/mol. The van der Waals surface area contributed by atoms with Crippen molar-refractivity contribution in [3.8, 4) is 0 Å². The molecule has 23 heavy (non-hydrogen) atoms. The molecular formula is C18H20N4O. The molecule has 0 bridgehead atoms. The van der Waals surface area contributed by atoms with Crippen molar-refractivity contribution in [3.05, 3.63) is 54.4 Å². The molecule has 3 aromatic rings. The van der Waals surface area contributed by atoms with E-state index in [0.717, 1.165) is 29.8 Å². The number of aliphatic hydroxyl groups is 1. The Labute approximate surface area is 135 Å². The van der Waals surface area contributed by atoms with Gasteiger partial charge in [-0.25, -0.2) is 4.98 Å². The summed E-state index contributed by atoms with van der Waals surface area (Å²) >= 11 is 0. The van der Waals surface area contributed by atoms with E-state index in [1.54, 1.807) is 0 Å². The van der Waals surface area contributed by atoms with Crippen LogP contribution in [-0.2, 0) is 7.05 Å². The van der Waals surface area contributed by atoms with Crippen molar-refractivity contribution in [2.75, 3.05) is 24.6 Å². The molecule has 0 unspecified atom stereocenters. The van der Waals surface area contributed by atoms with Crippen LogP contribution >= 0.6 is 0 Å². The lowest BCUT2D eigenvalue weighted by Gasteiger charge is -2.17. The number of aryl methyl sites for hydroxylation is 1. The SMILES string of the molecule is Cn1cc([C@@H]2CN(c3ccc4ccccc4n3)C[C@H]2CO)cn1. The van der Waals surface area contributed by atoms with Crippen molar-refractivity contribution < 1.29 is 5.11 Å². The first-order chi connectivity index (χ1) is 11.2. The van der Waals surface area contributed by atoms with E-state index in [-0.39, 0.29) is 12.5 Å². The van der Waals surface area contributed by atoms with Crippen LogP contribution in [0.1, 0.15) is 11.5 Å². The first kappa shape index (κ1) is 14.2. The zero-order chi connectivity index (χ0) is 15.8. The van der Waals surface area contributed by atoms with Crippen LogP contribution in [0.15, 0.2) is 48.8 Å².